The van der Waals surface area contributed by atoms with E-state index in [4.69, 9.17) is 38.7 Å². The van der Waals surface area contributed by atoms with Crippen LogP contribution in [0.4, 0.5) is 0 Å². The summed E-state index contributed by atoms with van der Waals surface area (Å²) in [7, 11) is 6.38. The Morgan fingerprint density at radius 2 is 1.59 bits per heavy atom. The molecule has 1 N–H and O–H groups in total. The first-order valence-electron chi connectivity index (χ1n) is 18.6. The molecule has 0 saturated carbocycles. The highest BCUT2D eigenvalue weighted by molar-refractivity contribution is 6.16. The van der Waals surface area contributed by atoms with E-state index in [1.807, 2.05) is 26.8 Å². The molecule has 0 aromatic carbocycles. The van der Waals surface area contributed by atoms with Gasteiger partial charge in [0.1, 0.15) is 11.8 Å². The quantitative estimate of drug-likeness (QED) is 0.268. The fraction of sp³-hybridized carbons (Fsp3) is 0.476. The highest BCUT2D eigenvalue weighted by Gasteiger charge is 2.56. The van der Waals surface area contributed by atoms with Crippen molar-refractivity contribution in [3.05, 3.63) is 80.0 Å². The van der Waals surface area contributed by atoms with Crippen LogP contribution in [0, 0.1) is 24.2 Å². The molecule has 0 saturated heterocycles. The fourth-order valence-corrected chi connectivity index (χ4v) is 8.86. The van der Waals surface area contributed by atoms with Gasteiger partial charge in [0.25, 0.3) is 0 Å². The average Bonchev–Trinajstić information content (AvgIpc) is 3.87. The van der Waals surface area contributed by atoms with E-state index in [0.29, 0.717) is 58.1 Å². The van der Waals surface area contributed by atoms with Crippen LogP contribution in [0.2, 0.25) is 0 Å². The Labute approximate surface area is 325 Å². The normalized spacial score (nSPS) is 25.2. The van der Waals surface area contributed by atoms with E-state index in [0.717, 1.165) is 16.9 Å². The second-order valence-corrected chi connectivity index (χ2v) is 14.6. The number of methoxy groups -OCH3 is 5. The molecule has 5 heterocycles. The first-order chi connectivity index (χ1) is 26.7. The van der Waals surface area contributed by atoms with Gasteiger partial charge in [0.05, 0.1) is 75.2 Å². The molecule has 3 unspecified atom stereocenters. The van der Waals surface area contributed by atoms with E-state index >= 15 is 0 Å². The lowest BCUT2D eigenvalue weighted by Gasteiger charge is -2.38. The molecule has 5 atom stereocenters. The van der Waals surface area contributed by atoms with E-state index in [1.54, 1.807) is 19.1 Å². The molecular formula is C42H48N4O10. The number of rotatable bonds is 8. The Morgan fingerprint density at radius 1 is 0.893 bits per heavy atom. The summed E-state index contributed by atoms with van der Waals surface area (Å²) in [4.78, 5) is 86.2. The Hall–Kier alpha value is -5.66. The topological polar surface area (TPSA) is 184 Å². The summed E-state index contributed by atoms with van der Waals surface area (Å²) in [6, 6.07) is -0.405. The number of carbonyl (C=O) groups is 5. The number of aromatic amines is 1. The van der Waals surface area contributed by atoms with Crippen molar-refractivity contribution in [1.82, 2.24) is 4.98 Å². The van der Waals surface area contributed by atoms with Gasteiger partial charge in [-0.2, -0.15) is 0 Å². The molecule has 56 heavy (non-hydrogen) atoms. The van der Waals surface area contributed by atoms with Gasteiger partial charge >= 0.3 is 29.8 Å². The van der Waals surface area contributed by atoms with Gasteiger partial charge in [0.2, 0.25) is 0 Å². The van der Waals surface area contributed by atoms with E-state index in [2.05, 4.69) is 11.9 Å². The summed E-state index contributed by atoms with van der Waals surface area (Å²) in [5, 5.41) is 0. The summed E-state index contributed by atoms with van der Waals surface area (Å²) in [6.45, 7) is 9.68. The number of nitrogens with one attached hydrogen (secondary N) is 1. The third-order valence-electron chi connectivity index (χ3n) is 12.0. The van der Waals surface area contributed by atoms with Crippen LogP contribution in [0.1, 0.15) is 86.6 Å². The lowest BCUT2D eigenvalue weighted by molar-refractivity contribution is -0.149. The second kappa shape index (κ2) is 15.5. The predicted molar refractivity (Wildman–Crippen MR) is 206 cm³/mol. The molecule has 0 amide bonds. The van der Waals surface area contributed by atoms with Gasteiger partial charge < -0.3 is 28.7 Å². The van der Waals surface area contributed by atoms with Crippen molar-refractivity contribution in [3.8, 4) is 0 Å². The standard InChI is InChI=1S/C42H48N4O10/c1-11-22-19(2)26-17-30-25-14-12-24(38(48)53-7)35(41(51)56-10)42(25,5)31(44-30)18-28-20(3)23(13-15-32(47)52-6)36(45-28)34(40(50)55-9)37-33(39(49)54-8)21(4)27(46-37)16-29(22)43-26/h12,14,17,20,26,34-35,46H,11,13,15-16,18H2,1-10H3/t20?,26?,34?,35-,42+/m0/s1. The summed E-state index contributed by atoms with van der Waals surface area (Å²) in [5.41, 5.74) is 6.93. The molecule has 4 aliphatic heterocycles. The number of fused-ring (bicyclic) bond motifs is 8. The van der Waals surface area contributed by atoms with E-state index in [9.17, 15) is 24.0 Å². The molecule has 1 aromatic rings. The Kier molecular flexibility index (Phi) is 11.1. The number of aliphatic imine (C=N–C) groups is 3. The first kappa shape index (κ1) is 40.0. The predicted octanol–water partition coefficient (Wildman–Crippen LogP) is 5.33. The number of hydrogen-bond donors (Lipinski definition) is 1. The number of nitrogens with zero attached hydrogens (tertiary/aromatic N) is 3. The highest BCUT2D eigenvalue weighted by atomic mass is 16.5. The second-order valence-electron chi connectivity index (χ2n) is 14.6. The summed E-state index contributed by atoms with van der Waals surface area (Å²) < 4.78 is 26.1. The average molecular weight is 769 g/mol. The van der Waals surface area contributed by atoms with Crippen LogP contribution >= 0.6 is 0 Å². The van der Waals surface area contributed by atoms with Crippen molar-refractivity contribution < 1.29 is 47.7 Å². The number of esters is 5. The molecule has 14 heteroatoms. The molecule has 8 bridgehead atoms. The van der Waals surface area contributed by atoms with Gasteiger partial charge in [-0.3, -0.25) is 29.4 Å². The van der Waals surface area contributed by atoms with Crippen molar-refractivity contribution in [2.24, 2.45) is 32.2 Å². The smallest absolute Gasteiger partial charge is 0.340 e. The van der Waals surface area contributed by atoms with Crippen molar-refractivity contribution in [2.75, 3.05) is 35.5 Å². The number of aromatic nitrogens is 1. The molecule has 1 aromatic heterocycles. The van der Waals surface area contributed by atoms with Crippen LogP contribution < -0.4 is 0 Å². The van der Waals surface area contributed by atoms with Crippen LogP contribution in [-0.4, -0.2) is 93.6 Å². The zero-order valence-corrected chi connectivity index (χ0v) is 33.5. The van der Waals surface area contributed by atoms with Crippen LogP contribution in [-0.2, 0) is 49.3 Å². The first-order valence-corrected chi connectivity index (χ1v) is 18.6. The van der Waals surface area contributed by atoms with Gasteiger partial charge in [0.15, 0.2) is 0 Å². The van der Waals surface area contributed by atoms with E-state index in [1.165, 1.54) is 35.5 Å². The Balaban J connectivity index is 1.66. The minimum atomic E-state index is -1.22. The number of allylic oxidation sites excluding steroid dienone is 5. The Bertz CT molecular complexity index is 2190. The Morgan fingerprint density at radius 3 is 2.21 bits per heavy atom. The molecule has 14 nitrogen and oxygen atoms in total. The van der Waals surface area contributed by atoms with Crippen molar-refractivity contribution in [2.45, 2.75) is 78.7 Å². The van der Waals surface area contributed by atoms with Gasteiger partial charge in [-0.25, -0.2) is 9.59 Å². The summed E-state index contributed by atoms with van der Waals surface area (Å²) in [5.74, 6) is -5.86. The molecule has 1 aliphatic carbocycles. The molecule has 5 aliphatic rings. The lowest BCUT2D eigenvalue weighted by atomic mass is 9.62. The SMILES string of the molecule is CCC1=C(C)C2C=C3N=C(CC4=NC(=C(CCC(=O)OC)C4C)C(C(=O)OC)c4[nH]c(c(C)c4C(=O)OC)CC1=N2)[C@@]1(C)C3=CC=C(C(=O)OC)[C@H]1C(=O)OC. The summed E-state index contributed by atoms with van der Waals surface area (Å²) >= 11 is 0. The van der Waals surface area contributed by atoms with Crippen molar-refractivity contribution in [1.29, 1.82) is 0 Å². The fourth-order valence-electron chi connectivity index (χ4n) is 8.86. The maximum absolute atomic E-state index is 14.1. The maximum atomic E-state index is 14.1. The third kappa shape index (κ3) is 6.38. The minimum Gasteiger partial charge on any atom is -0.469 e. The van der Waals surface area contributed by atoms with Crippen LogP contribution in [0.5, 0.6) is 0 Å². The lowest BCUT2D eigenvalue weighted by Crippen LogP contribution is -2.45. The van der Waals surface area contributed by atoms with Gasteiger partial charge in [-0.05, 0) is 67.5 Å². The molecule has 0 fully saturated rings. The van der Waals surface area contributed by atoms with E-state index in [-0.39, 0.29) is 36.1 Å². The van der Waals surface area contributed by atoms with Crippen molar-refractivity contribution in [3.63, 3.8) is 0 Å². The van der Waals surface area contributed by atoms with Crippen LogP contribution in [0.25, 0.3) is 0 Å². The van der Waals surface area contributed by atoms with E-state index < -0.39 is 59.1 Å². The number of carbonyl (C=O) groups excluding carboxylic acids is 5. The molecular weight excluding hydrogens is 720 g/mol. The molecule has 6 rings (SSSR count). The zero-order chi connectivity index (χ0) is 40.8. The monoisotopic (exact) mass is 768 g/mol. The number of ether oxygens (including phenoxy) is 5. The van der Waals surface area contributed by atoms with Gasteiger partial charge in [-0.15, -0.1) is 0 Å². The molecule has 0 radical (unpaired) electrons. The van der Waals surface area contributed by atoms with Crippen molar-refractivity contribution >= 4 is 47.0 Å². The summed E-state index contributed by atoms with van der Waals surface area (Å²) in [6.07, 6.45) is 6.67. The van der Waals surface area contributed by atoms with Gasteiger partial charge in [-0.1, -0.05) is 26.0 Å². The third-order valence-corrected chi connectivity index (χ3v) is 12.0. The molecule has 0 spiro atoms. The maximum Gasteiger partial charge on any atom is 0.340 e. The van der Waals surface area contributed by atoms with Crippen LogP contribution in [0.3, 0.4) is 0 Å². The number of hydrogen-bond acceptors (Lipinski definition) is 13. The largest absolute Gasteiger partial charge is 0.469 e. The van der Waals surface area contributed by atoms with Gasteiger partial charge in [0, 0.05) is 48.0 Å². The number of H-pyrrole nitrogens is 1. The highest BCUT2D eigenvalue weighted by Crippen LogP contribution is 2.54. The molecule has 296 valence electrons. The zero-order valence-electron chi connectivity index (χ0n) is 33.5. The minimum absolute atomic E-state index is 0.00193. The van der Waals surface area contributed by atoms with Crippen LogP contribution in [0.15, 0.2) is 72.5 Å².